The molecule has 4 aromatic carbocycles. The van der Waals surface area contributed by atoms with Crippen molar-refractivity contribution in [2.75, 3.05) is 0 Å². The van der Waals surface area contributed by atoms with E-state index in [0.29, 0.717) is 42.2 Å². The van der Waals surface area contributed by atoms with Crippen molar-refractivity contribution in [1.82, 2.24) is 0 Å². The van der Waals surface area contributed by atoms with E-state index < -0.39 is 6.61 Å². The Morgan fingerprint density at radius 3 is 2.08 bits per heavy atom. The van der Waals surface area contributed by atoms with E-state index in [4.69, 9.17) is 0 Å². The second kappa shape index (κ2) is 12.6. The molecular formula is C32H30F4O. The molecule has 4 aromatic rings. The van der Waals surface area contributed by atoms with Gasteiger partial charge in [0, 0.05) is 5.39 Å². The highest BCUT2D eigenvalue weighted by Crippen LogP contribution is 2.25. The molecule has 0 saturated carbocycles. The topological polar surface area (TPSA) is 9.23 Å². The van der Waals surface area contributed by atoms with Gasteiger partial charge in [0.1, 0.15) is 17.4 Å². The Balaban J connectivity index is 1.38. The molecule has 0 aliphatic rings. The lowest BCUT2D eigenvalue weighted by atomic mass is 9.97. The number of halogens is 4. The van der Waals surface area contributed by atoms with E-state index in [0.717, 1.165) is 34.9 Å². The zero-order chi connectivity index (χ0) is 26.2. The number of hydrogen-bond donors (Lipinski definition) is 0. The lowest BCUT2D eigenvalue weighted by Gasteiger charge is -2.10. The van der Waals surface area contributed by atoms with Crippen LogP contribution in [0, 0.1) is 11.6 Å². The number of alkyl halides is 2. The summed E-state index contributed by atoms with van der Waals surface area (Å²) in [5.74, 6) is -0.321. The maximum Gasteiger partial charge on any atom is 0.387 e. The number of allylic oxidation sites excluding steroid dienone is 2. The highest BCUT2D eigenvalue weighted by atomic mass is 19.3. The molecule has 0 heterocycles. The lowest BCUT2D eigenvalue weighted by Crippen LogP contribution is -2.02. The van der Waals surface area contributed by atoms with Gasteiger partial charge >= 0.3 is 6.61 Å². The molecular weight excluding hydrogens is 476 g/mol. The van der Waals surface area contributed by atoms with Gasteiger partial charge in [-0.15, -0.1) is 0 Å². The van der Waals surface area contributed by atoms with Gasteiger partial charge < -0.3 is 4.74 Å². The van der Waals surface area contributed by atoms with Crippen molar-refractivity contribution in [3.63, 3.8) is 0 Å². The Morgan fingerprint density at radius 2 is 1.35 bits per heavy atom. The molecule has 4 rings (SSSR count). The number of fused-ring (bicyclic) bond motifs is 1. The van der Waals surface area contributed by atoms with E-state index >= 15 is 4.39 Å². The maximum absolute atomic E-state index is 15.2. The second-order valence-corrected chi connectivity index (χ2v) is 9.15. The van der Waals surface area contributed by atoms with Crippen LogP contribution in [0.2, 0.25) is 0 Å². The third kappa shape index (κ3) is 7.22. The first-order chi connectivity index (χ1) is 17.9. The van der Waals surface area contributed by atoms with E-state index in [2.05, 4.69) is 10.8 Å². The molecule has 0 spiro atoms. The standard InChI is InChI=1S/C32H30F4O/c1-2-3-4-5-23-7-12-25(30(33)21-23)13-8-24-11-19-29-27(20-24)16-15-26(31(29)34)14-6-22-9-17-28(18-10-22)37-32(35)36/h2-3,7,9-12,15-21,32H,4-6,8,13-14H2,1H3/b3-2+. The third-order valence-electron chi connectivity index (χ3n) is 6.57. The van der Waals surface area contributed by atoms with E-state index in [-0.39, 0.29) is 17.4 Å². The Labute approximate surface area is 215 Å². The van der Waals surface area contributed by atoms with E-state index in [1.54, 1.807) is 30.3 Å². The van der Waals surface area contributed by atoms with E-state index in [1.807, 2.05) is 43.3 Å². The quantitative estimate of drug-likeness (QED) is 0.146. The van der Waals surface area contributed by atoms with Crippen LogP contribution in [0.5, 0.6) is 5.75 Å². The van der Waals surface area contributed by atoms with Gasteiger partial charge in [-0.2, -0.15) is 8.78 Å². The van der Waals surface area contributed by atoms with Crippen LogP contribution in [0.1, 0.15) is 41.2 Å². The van der Waals surface area contributed by atoms with Crippen LogP contribution in [0.4, 0.5) is 17.6 Å². The molecule has 0 radical (unpaired) electrons. The minimum absolute atomic E-state index is 0.103. The van der Waals surface area contributed by atoms with Crippen molar-refractivity contribution in [2.45, 2.75) is 52.1 Å². The fraction of sp³-hybridized carbons (Fsp3) is 0.250. The summed E-state index contributed by atoms with van der Waals surface area (Å²) in [5.41, 5.74) is 4.22. The molecule has 1 nitrogen and oxygen atoms in total. The zero-order valence-corrected chi connectivity index (χ0v) is 20.8. The van der Waals surface area contributed by atoms with Crippen molar-refractivity contribution in [2.24, 2.45) is 0 Å². The largest absolute Gasteiger partial charge is 0.435 e. The average Bonchev–Trinajstić information content (AvgIpc) is 2.88. The molecule has 5 heteroatoms. The molecule has 0 unspecified atom stereocenters. The van der Waals surface area contributed by atoms with Crippen LogP contribution < -0.4 is 4.74 Å². The van der Waals surface area contributed by atoms with Crippen molar-refractivity contribution in [3.8, 4) is 5.75 Å². The molecule has 0 bridgehead atoms. The maximum atomic E-state index is 15.2. The highest BCUT2D eigenvalue weighted by Gasteiger charge is 2.10. The summed E-state index contributed by atoms with van der Waals surface area (Å²) in [7, 11) is 0. The fourth-order valence-electron chi connectivity index (χ4n) is 4.50. The summed E-state index contributed by atoms with van der Waals surface area (Å²) in [6.07, 6.45) is 8.11. The van der Waals surface area contributed by atoms with Crippen LogP contribution in [-0.2, 0) is 32.1 Å². The summed E-state index contributed by atoms with van der Waals surface area (Å²) in [6, 6.07) is 21.3. The Kier molecular flexibility index (Phi) is 8.99. The van der Waals surface area contributed by atoms with E-state index in [1.165, 1.54) is 12.1 Å². The van der Waals surface area contributed by atoms with Gasteiger partial charge in [0.25, 0.3) is 0 Å². The molecule has 0 N–H and O–H groups in total. The predicted molar refractivity (Wildman–Crippen MR) is 141 cm³/mol. The predicted octanol–water partition coefficient (Wildman–Crippen LogP) is 8.80. The van der Waals surface area contributed by atoms with Gasteiger partial charge in [-0.05, 0) is 96.9 Å². The molecule has 0 aliphatic heterocycles. The summed E-state index contributed by atoms with van der Waals surface area (Å²) in [4.78, 5) is 0. The minimum atomic E-state index is -2.86. The third-order valence-corrected chi connectivity index (χ3v) is 6.57. The SMILES string of the molecule is C/C=C/CCc1ccc(CCc2ccc3c(F)c(CCc4ccc(OC(F)F)cc4)ccc3c2)c(F)c1. The summed E-state index contributed by atoms with van der Waals surface area (Å²) < 4.78 is 58.7. The van der Waals surface area contributed by atoms with Crippen molar-refractivity contribution < 1.29 is 22.3 Å². The van der Waals surface area contributed by atoms with E-state index in [9.17, 15) is 13.2 Å². The van der Waals surface area contributed by atoms with Gasteiger partial charge in [-0.3, -0.25) is 0 Å². The Bertz CT molecular complexity index is 1360. The molecule has 0 fully saturated rings. The monoisotopic (exact) mass is 506 g/mol. The van der Waals surface area contributed by atoms with Crippen molar-refractivity contribution in [1.29, 1.82) is 0 Å². The van der Waals surface area contributed by atoms with Crippen LogP contribution in [0.15, 0.2) is 84.9 Å². The first kappa shape index (κ1) is 26.5. The van der Waals surface area contributed by atoms with Gasteiger partial charge in [-0.25, -0.2) is 8.78 Å². The molecule has 0 aliphatic carbocycles. The molecule has 192 valence electrons. The number of rotatable bonds is 11. The molecule has 0 saturated heterocycles. The summed E-state index contributed by atoms with van der Waals surface area (Å²) >= 11 is 0. The number of aryl methyl sites for hydroxylation is 5. The van der Waals surface area contributed by atoms with Crippen LogP contribution in [0.25, 0.3) is 10.8 Å². The van der Waals surface area contributed by atoms with Crippen LogP contribution in [-0.4, -0.2) is 6.61 Å². The van der Waals surface area contributed by atoms with Gasteiger partial charge in [0.2, 0.25) is 0 Å². The van der Waals surface area contributed by atoms with Crippen LogP contribution in [0.3, 0.4) is 0 Å². The average molecular weight is 507 g/mol. The number of ether oxygens (including phenoxy) is 1. The van der Waals surface area contributed by atoms with Gasteiger partial charge in [-0.1, -0.05) is 66.7 Å². The molecule has 0 aromatic heterocycles. The van der Waals surface area contributed by atoms with Crippen molar-refractivity contribution >= 4 is 10.8 Å². The van der Waals surface area contributed by atoms with Gasteiger partial charge in [0.05, 0.1) is 0 Å². The minimum Gasteiger partial charge on any atom is -0.435 e. The highest BCUT2D eigenvalue weighted by molar-refractivity contribution is 5.84. The fourth-order valence-corrected chi connectivity index (χ4v) is 4.50. The Hall–Kier alpha value is -3.60. The first-order valence-corrected chi connectivity index (χ1v) is 12.5. The molecule has 0 atom stereocenters. The summed E-state index contributed by atoms with van der Waals surface area (Å²) in [6.45, 7) is -0.880. The molecule has 0 amide bonds. The summed E-state index contributed by atoms with van der Waals surface area (Å²) in [5, 5.41) is 1.37. The van der Waals surface area contributed by atoms with Crippen LogP contribution >= 0.6 is 0 Å². The lowest BCUT2D eigenvalue weighted by molar-refractivity contribution is -0.0498. The van der Waals surface area contributed by atoms with Gasteiger partial charge in [0.15, 0.2) is 0 Å². The second-order valence-electron chi connectivity index (χ2n) is 9.15. The number of benzene rings is 4. The van der Waals surface area contributed by atoms with Crippen molar-refractivity contribution in [3.05, 3.63) is 124 Å². The zero-order valence-electron chi connectivity index (χ0n) is 20.8. The Morgan fingerprint density at radius 1 is 0.703 bits per heavy atom. The normalized spacial score (nSPS) is 11.6. The smallest absolute Gasteiger partial charge is 0.387 e. The first-order valence-electron chi connectivity index (χ1n) is 12.5. The molecule has 37 heavy (non-hydrogen) atoms. The number of hydrogen-bond acceptors (Lipinski definition) is 1.